The monoisotopic (exact) mass is 168 g/mol. The lowest BCUT2D eigenvalue weighted by atomic mass is 9.89. The van der Waals surface area contributed by atoms with Gasteiger partial charge in [0.05, 0.1) is 6.26 Å². The zero-order chi connectivity index (χ0) is 8.81. The third-order valence-electron chi connectivity index (χ3n) is 2.23. The molecule has 1 aliphatic rings. The van der Waals surface area contributed by atoms with E-state index in [4.69, 9.17) is 4.74 Å². The summed E-state index contributed by atoms with van der Waals surface area (Å²) in [5.74, 6) is 0.403. The molecule has 0 aromatic carbocycles. The predicted molar refractivity (Wildman–Crippen MR) is 47.5 cm³/mol. The van der Waals surface area contributed by atoms with E-state index >= 15 is 0 Å². The SMILES string of the molecule is CC(=O)O/C=C\C1CCCCC1. The highest BCUT2D eigenvalue weighted by atomic mass is 16.5. The van der Waals surface area contributed by atoms with Crippen LogP contribution >= 0.6 is 0 Å². The van der Waals surface area contributed by atoms with Gasteiger partial charge in [0.2, 0.25) is 0 Å². The number of esters is 1. The van der Waals surface area contributed by atoms with Crippen LogP contribution in [-0.2, 0) is 9.53 Å². The fraction of sp³-hybridized carbons (Fsp3) is 0.700. The van der Waals surface area contributed by atoms with Crippen LogP contribution in [0.15, 0.2) is 12.3 Å². The maximum Gasteiger partial charge on any atom is 0.307 e. The molecule has 1 rings (SSSR count). The molecule has 0 N–H and O–H groups in total. The Balaban J connectivity index is 2.19. The first-order chi connectivity index (χ1) is 5.79. The van der Waals surface area contributed by atoms with Crippen molar-refractivity contribution in [2.45, 2.75) is 39.0 Å². The standard InChI is InChI=1S/C10H16O2/c1-9(11)12-8-7-10-5-3-2-4-6-10/h7-8,10H,2-6H2,1H3/b8-7-. The van der Waals surface area contributed by atoms with Gasteiger partial charge in [0.1, 0.15) is 0 Å². The zero-order valence-corrected chi connectivity index (χ0v) is 7.58. The maximum absolute atomic E-state index is 10.4. The molecule has 12 heavy (non-hydrogen) atoms. The third kappa shape index (κ3) is 3.56. The van der Waals surface area contributed by atoms with Crippen molar-refractivity contribution in [3.63, 3.8) is 0 Å². The number of carbonyl (C=O) groups is 1. The van der Waals surface area contributed by atoms with Crippen molar-refractivity contribution >= 4 is 5.97 Å². The van der Waals surface area contributed by atoms with Crippen LogP contribution in [0.3, 0.4) is 0 Å². The Morgan fingerprint density at radius 1 is 1.33 bits per heavy atom. The van der Waals surface area contributed by atoms with Crippen LogP contribution in [0.1, 0.15) is 39.0 Å². The minimum atomic E-state index is -0.234. The average Bonchev–Trinajstić information content (AvgIpc) is 2.05. The van der Waals surface area contributed by atoms with Crippen LogP contribution in [0.2, 0.25) is 0 Å². The molecular weight excluding hydrogens is 152 g/mol. The molecule has 0 bridgehead atoms. The highest BCUT2D eigenvalue weighted by Crippen LogP contribution is 2.24. The molecule has 0 saturated heterocycles. The summed E-state index contributed by atoms with van der Waals surface area (Å²) in [6.45, 7) is 1.42. The highest BCUT2D eigenvalue weighted by Gasteiger charge is 2.09. The first kappa shape index (κ1) is 9.30. The number of allylic oxidation sites excluding steroid dienone is 1. The van der Waals surface area contributed by atoms with Crippen molar-refractivity contribution in [3.8, 4) is 0 Å². The van der Waals surface area contributed by atoms with Gasteiger partial charge in [-0.15, -0.1) is 0 Å². The lowest BCUT2D eigenvalue weighted by Crippen LogP contribution is -2.03. The summed E-state index contributed by atoms with van der Waals surface area (Å²) in [7, 11) is 0. The van der Waals surface area contributed by atoms with E-state index in [1.54, 1.807) is 6.26 Å². The average molecular weight is 168 g/mol. The molecule has 0 aromatic rings. The second-order valence-corrected chi connectivity index (χ2v) is 3.34. The molecule has 0 amide bonds. The van der Waals surface area contributed by atoms with Gasteiger partial charge in [-0.05, 0) is 24.8 Å². The quantitative estimate of drug-likeness (QED) is 0.468. The van der Waals surface area contributed by atoms with E-state index in [0.717, 1.165) is 0 Å². The first-order valence-electron chi connectivity index (χ1n) is 4.63. The maximum atomic E-state index is 10.4. The third-order valence-corrected chi connectivity index (χ3v) is 2.23. The topological polar surface area (TPSA) is 26.3 Å². The van der Waals surface area contributed by atoms with Gasteiger partial charge in [0, 0.05) is 6.92 Å². The first-order valence-corrected chi connectivity index (χ1v) is 4.63. The van der Waals surface area contributed by atoms with E-state index in [1.807, 2.05) is 6.08 Å². The molecule has 0 radical (unpaired) electrons. The Kier molecular flexibility index (Phi) is 3.85. The highest BCUT2D eigenvalue weighted by molar-refractivity contribution is 5.66. The normalized spacial score (nSPS) is 19.8. The molecule has 1 aliphatic carbocycles. The Morgan fingerprint density at radius 3 is 2.58 bits per heavy atom. The number of carbonyl (C=O) groups excluding carboxylic acids is 1. The largest absolute Gasteiger partial charge is 0.435 e. The lowest BCUT2D eigenvalue weighted by Gasteiger charge is -2.17. The van der Waals surface area contributed by atoms with Gasteiger partial charge in [-0.1, -0.05) is 19.3 Å². The second kappa shape index (κ2) is 4.96. The summed E-state index contributed by atoms with van der Waals surface area (Å²) in [5, 5.41) is 0. The molecule has 0 heterocycles. The molecule has 1 fully saturated rings. The molecular formula is C10H16O2. The summed E-state index contributed by atoms with van der Waals surface area (Å²) in [6, 6.07) is 0. The van der Waals surface area contributed by atoms with Gasteiger partial charge < -0.3 is 4.74 Å². The number of rotatable bonds is 2. The molecule has 2 heteroatoms. The van der Waals surface area contributed by atoms with Crippen molar-refractivity contribution in [2.75, 3.05) is 0 Å². The van der Waals surface area contributed by atoms with Crippen LogP contribution in [0.4, 0.5) is 0 Å². The van der Waals surface area contributed by atoms with E-state index < -0.39 is 0 Å². The molecule has 68 valence electrons. The van der Waals surface area contributed by atoms with Gasteiger partial charge in [-0.25, -0.2) is 0 Å². The van der Waals surface area contributed by atoms with Crippen molar-refractivity contribution < 1.29 is 9.53 Å². The zero-order valence-electron chi connectivity index (χ0n) is 7.58. The number of hydrogen-bond acceptors (Lipinski definition) is 2. The minimum absolute atomic E-state index is 0.234. The van der Waals surface area contributed by atoms with E-state index in [9.17, 15) is 4.79 Å². The van der Waals surface area contributed by atoms with E-state index in [1.165, 1.54) is 39.0 Å². The summed E-state index contributed by atoms with van der Waals surface area (Å²) in [4.78, 5) is 10.4. The number of ether oxygens (including phenoxy) is 1. The van der Waals surface area contributed by atoms with Crippen LogP contribution in [0.25, 0.3) is 0 Å². The van der Waals surface area contributed by atoms with Gasteiger partial charge in [0.25, 0.3) is 0 Å². The van der Waals surface area contributed by atoms with Gasteiger partial charge >= 0.3 is 5.97 Å². The lowest BCUT2D eigenvalue weighted by molar-refractivity contribution is -0.135. The van der Waals surface area contributed by atoms with E-state index in [2.05, 4.69) is 0 Å². The minimum Gasteiger partial charge on any atom is -0.435 e. The Labute approximate surface area is 73.6 Å². The second-order valence-electron chi connectivity index (χ2n) is 3.34. The summed E-state index contributed by atoms with van der Waals surface area (Å²) in [6.07, 6.45) is 10.0. The van der Waals surface area contributed by atoms with Crippen LogP contribution < -0.4 is 0 Å². The van der Waals surface area contributed by atoms with Gasteiger partial charge in [-0.2, -0.15) is 0 Å². The Hall–Kier alpha value is -0.790. The predicted octanol–water partition coefficient (Wildman–Crippen LogP) is 2.64. The molecule has 0 unspecified atom stereocenters. The molecule has 0 spiro atoms. The smallest absolute Gasteiger partial charge is 0.307 e. The molecule has 1 saturated carbocycles. The summed E-state index contributed by atoms with van der Waals surface area (Å²) < 4.78 is 4.73. The molecule has 2 nitrogen and oxygen atoms in total. The Morgan fingerprint density at radius 2 is 2.00 bits per heavy atom. The van der Waals surface area contributed by atoms with Gasteiger partial charge in [-0.3, -0.25) is 4.79 Å². The van der Waals surface area contributed by atoms with Crippen molar-refractivity contribution in [3.05, 3.63) is 12.3 Å². The van der Waals surface area contributed by atoms with Crippen LogP contribution in [0, 0.1) is 5.92 Å². The molecule has 0 aromatic heterocycles. The van der Waals surface area contributed by atoms with Gasteiger partial charge in [0.15, 0.2) is 0 Å². The van der Waals surface area contributed by atoms with E-state index in [0.29, 0.717) is 5.92 Å². The number of hydrogen-bond donors (Lipinski definition) is 0. The van der Waals surface area contributed by atoms with Crippen LogP contribution in [-0.4, -0.2) is 5.97 Å². The van der Waals surface area contributed by atoms with Crippen molar-refractivity contribution in [1.29, 1.82) is 0 Å². The Bertz CT molecular complexity index is 167. The fourth-order valence-corrected chi connectivity index (χ4v) is 1.57. The van der Waals surface area contributed by atoms with Crippen molar-refractivity contribution in [1.82, 2.24) is 0 Å². The summed E-state index contributed by atoms with van der Waals surface area (Å²) >= 11 is 0. The van der Waals surface area contributed by atoms with E-state index in [-0.39, 0.29) is 5.97 Å². The van der Waals surface area contributed by atoms with Crippen molar-refractivity contribution in [2.24, 2.45) is 5.92 Å². The fourth-order valence-electron chi connectivity index (χ4n) is 1.57. The summed E-state index contributed by atoms with van der Waals surface area (Å²) in [5.41, 5.74) is 0. The van der Waals surface area contributed by atoms with Crippen LogP contribution in [0.5, 0.6) is 0 Å². The molecule has 0 atom stereocenters. The molecule has 0 aliphatic heterocycles.